The van der Waals surface area contributed by atoms with Gasteiger partial charge in [-0.25, -0.2) is 10.2 Å². The molecule has 148 valence electrons. The van der Waals surface area contributed by atoms with Gasteiger partial charge in [-0.3, -0.25) is 4.79 Å². The zero-order valence-corrected chi connectivity index (χ0v) is 16.1. The molecule has 0 saturated heterocycles. The Labute approximate surface area is 164 Å². The molecule has 8 nitrogen and oxygen atoms in total. The number of carbonyl (C=O) groups excluding carboxylic acids is 2. The fourth-order valence-corrected chi connectivity index (χ4v) is 2.11. The third-order valence-electron chi connectivity index (χ3n) is 3.53. The summed E-state index contributed by atoms with van der Waals surface area (Å²) in [6.07, 6.45) is 1.49. The van der Waals surface area contributed by atoms with E-state index < -0.39 is 6.03 Å². The van der Waals surface area contributed by atoms with Crippen molar-refractivity contribution in [2.24, 2.45) is 5.10 Å². The number of hydrazone groups is 1. The molecule has 2 N–H and O–H groups in total. The molecule has 0 aliphatic carbocycles. The van der Waals surface area contributed by atoms with E-state index in [2.05, 4.69) is 15.8 Å². The Morgan fingerprint density at radius 3 is 2.50 bits per heavy atom. The first-order valence-electron chi connectivity index (χ1n) is 8.74. The summed E-state index contributed by atoms with van der Waals surface area (Å²) in [5, 5.41) is 6.58. The Morgan fingerprint density at radius 1 is 1.07 bits per heavy atom. The lowest BCUT2D eigenvalue weighted by molar-refractivity contribution is -0.130. The van der Waals surface area contributed by atoms with Crippen LogP contribution in [-0.2, 0) is 4.79 Å². The van der Waals surface area contributed by atoms with Crippen LogP contribution in [0, 0.1) is 0 Å². The van der Waals surface area contributed by atoms with E-state index in [1.54, 1.807) is 44.4 Å². The van der Waals surface area contributed by atoms with E-state index in [1.165, 1.54) is 11.1 Å². The molecule has 0 aliphatic heterocycles. The van der Waals surface area contributed by atoms with Crippen LogP contribution in [0.4, 0.5) is 10.5 Å². The number of nitrogens with one attached hydrogen (secondary N) is 2. The van der Waals surface area contributed by atoms with Gasteiger partial charge in [0.2, 0.25) is 0 Å². The Balaban J connectivity index is 1.97. The van der Waals surface area contributed by atoms with Crippen molar-refractivity contribution in [1.29, 1.82) is 0 Å². The molecule has 8 heteroatoms. The average Bonchev–Trinajstić information content (AvgIpc) is 2.68. The molecule has 0 bridgehead atoms. The molecule has 2 aromatic rings. The fraction of sp³-hybridized carbons (Fsp3) is 0.250. The van der Waals surface area contributed by atoms with Crippen LogP contribution in [0.5, 0.6) is 11.5 Å². The van der Waals surface area contributed by atoms with Crippen LogP contribution in [0.2, 0.25) is 0 Å². The van der Waals surface area contributed by atoms with Crippen LogP contribution < -0.4 is 20.2 Å². The highest BCUT2D eigenvalue weighted by molar-refractivity contribution is 5.90. The van der Waals surface area contributed by atoms with Crippen molar-refractivity contribution in [3.05, 3.63) is 54.1 Å². The highest BCUT2D eigenvalue weighted by Gasteiger charge is 2.10. The van der Waals surface area contributed by atoms with Crippen LogP contribution >= 0.6 is 0 Å². The predicted molar refractivity (Wildman–Crippen MR) is 108 cm³/mol. The van der Waals surface area contributed by atoms with Gasteiger partial charge >= 0.3 is 6.03 Å². The fourth-order valence-electron chi connectivity index (χ4n) is 2.11. The molecule has 0 spiro atoms. The van der Waals surface area contributed by atoms with E-state index in [0.29, 0.717) is 29.4 Å². The second-order valence-corrected chi connectivity index (χ2v) is 5.91. The number of rotatable bonds is 8. The topological polar surface area (TPSA) is 92.3 Å². The second kappa shape index (κ2) is 10.6. The Morgan fingerprint density at radius 2 is 1.82 bits per heavy atom. The normalized spacial score (nSPS) is 10.4. The van der Waals surface area contributed by atoms with Crippen molar-refractivity contribution in [2.45, 2.75) is 6.92 Å². The quantitative estimate of drug-likeness (QED) is 0.541. The lowest BCUT2D eigenvalue weighted by Gasteiger charge is -2.14. The maximum Gasteiger partial charge on any atom is 0.339 e. The molecule has 0 heterocycles. The zero-order valence-electron chi connectivity index (χ0n) is 16.1. The van der Waals surface area contributed by atoms with Crippen LogP contribution in [-0.4, -0.2) is 50.4 Å². The summed E-state index contributed by atoms with van der Waals surface area (Å²) in [6.45, 7) is 2.21. The number of anilines is 1. The van der Waals surface area contributed by atoms with Crippen molar-refractivity contribution in [3.63, 3.8) is 0 Å². The highest BCUT2D eigenvalue weighted by Crippen LogP contribution is 2.28. The van der Waals surface area contributed by atoms with Crippen molar-refractivity contribution >= 4 is 23.8 Å². The Kier molecular flexibility index (Phi) is 7.83. The number of hydrogen-bond donors (Lipinski definition) is 2. The van der Waals surface area contributed by atoms with E-state index in [9.17, 15) is 9.59 Å². The first-order chi connectivity index (χ1) is 13.5. The predicted octanol–water partition coefficient (Wildman–Crippen LogP) is 2.71. The first-order valence-corrected chi connectivity index (χ1v) is 8.74. The summed E-state index contributed by atoms with van der Waals surface area (Å²) < 4.78 is 11.1. The van der Waals surface area contributed by atoms with Crippen molar-refractivity contribution in [1.82, 2.24) is 10.3 Å². The molecule has 28 heavy (non-hydrogen) atoms. The molecule has 2 aromatic carbocycles. The zero-order chi connectivity index (χ0) is 20.4. The molecule has 0 aliphatic rings. The van der Waals surface area contributed by atoms with Gasteiger partial charge in [0.25, 0.3) is 5.91 Å². The lowest BCUT2D eigenvalue weighted by atomic mass is 10.2. The number of nitrogens with zero attached hydrogens (tertiary/aromatic N) is 2. The first kappa shape index (κ1) is 20.8. The van der Waals surface area contributed by atoms with Gasteiger partial charge in [0, 0.05) is 19.8 Å². The van der Waals surface area contributed by atoms with Gasteiger partial charge in [0.1, 0.15) is 0 Å². The molecule has 0 unspecified atom stereocenters. The number of amides is 3. The van der Waals surface area contributed by atoms with Gasteiger partial charge < -0.3 is 19.7 Å². The van der Waals surface area contributed by atoms with Gasteiger partial charge in [-0.15, -0.1) is 0 Å². The van der Waals surface area contributed by atoms with Gasteiger partial charge in [-0.1, -0.05) is 18.2 Å². The van der Waals surface area contributed by atoms with E-state index >= 15 is 0 Å². The summed E-state index contributed by atoms with van der Waals surface area (Å²) in [6, 6.07) is 13.8. The summed E-state index contributed by atoms with van der Waals surface area (Å²) in [5.74, 6) is 0.803. The smallest absolute Gasteiger partial charge is 0.339 e. The van der Waals surface area contributed by atoms with Crippen LogP contribution in [0.15, 0.2) is 53.6 Å². The number of hydrogen-bond acceptors (Lipinski definition) is 5. The minimum absolute atomic E-state index is 0.0816. The molecule has 0 atom stereocenters. The monoisotopic (exact) mass is 384 g/mol. The van der Waals surface area contributed by atoms with Crippen LogP contribution in [0.25, 0.3) is 0 Å². The van der Waals surface area contributed by atoms with Crippen molar-refractivity contribution in [3.8, 4) is 11.5 Å². The largest absolute Gasteiger partial charge is 0.490 e. The van der Waals surface area contributed by atoms with Gasteiger partial charge in [0.05, 0.1) is 12.8 Å². The molecule has 0 saturated carbocycles. The molecule has 2 rings (SSSR count). The van der Waals surface area contributed by atoms with Crippen LogP contribution in [0.1, 0.15) is 12.5 Å². The van der Waals surface area contributed by atoms with E-state index in [0.717, 1.165) is 0 Å². The number of urea groups is 1. The Hall–Kier alpha value is -3.55. The van der Waals surface area contributed by atoms with Gasteiger partial charge in [-0.2, -0.15) is 5.10 Å². The van der Waals surface area contributed by atoms with E-state index in [4.69, 9.17) is 9.47 Å². The highest BCUT2D eigenvalue weighted by atomic mass is 16.5. The maximum absolute atomic E-state index is 11.8. The summed E-state index contributed by atoms with van der Waals surface area (Å²) in [7, 11) is 3.32. The molecular formula is C20H24N4O4. The molecule has 0 aromatic heterocycles. The molecular weight excluding hydrogens is 360 g/mol. The van der Waals surface area contributed by atoms with Gasteiger partial charge in [-0.05, 0) is 42.8 Å². The number of ether oxygens (including phenoxy) is 2. The molecule has 0 radical (unpaired) electrons. The van der Waals surface area contributed by atoms with Crippen molar-refractivity contribution in [2.75, 3.05) is 32.6 Å². The number of para-hydroxylation sites is 1. The average molecular weight is 384 g/mol. The second-order valence-electron chi connectivity index (χ2n) is 5.91. The summed E-state index contributed by atoms with van der Waals surface area (Å²) in [5.41, 5.74) is 3.77. The third-order valence-corrected chi connectivity index (χ3v) is 3.53. The molecule has 3 amide bonds. The third kappa shape index (κ3) is 6.64. The minimum Gasteiger partial charge on any atom is -0.490 e. The lowest BCUT2D eigenvalue weighted by Crippen LogP contribution is -2.27. The minimum atomic E-state index is -0.449. The van der Waals surface area contributed by atoms with Crippen molar-refractivity contribution < 1.29 is 19.1 Å². The van der Waals surface area contributed by atoms with E-state index in [1.807, 2.05) is 25.1 Å². The molecule has 0 fully saturated rings. The number of benzene rings is 2. The summed E-state index contributed by atoms with van der Waals surface area (Å²) in [4.78, 5) is 24.9. The van der Waals surface area contributed by atoms with Gasteiger partial charge in [0.15, 0.2) is 18.1 Å². The standard InChI is InChI=1S/C20H24N4O4/c1-4-27-18-12-15(10-11-17(18)28-14-19(25)24(2)3)13-21-23-20(26)22-16-8-6-5-7-9-16/h5-13H,4,14H2,1-3H3,(H2,22,23,26)/b21-13-. The summed E-state index contributed by atoms with van der Waals surface area (Å²) >= 11 is 0. The number of carbonyl (C=O) groups is 2. The maximum atomic E-state index is 11.8. The van der Waals surface area contributed by atoms with E-state index in [-0.39, 0.29) is 12.5 Å². The Bertz CT molecular complexity index is 822. The number of likely N-dealkylation sites (N-methyl/N-ethyl adjacent to an activating group) is 1. The van der Waals surface area contributed by atoms with Crippen LogP contribution in [0.3, 0.4) is 0 Å². The SMILES string of the molecule is CCOc1cc(/C=N\NC(=O)Nc2ccccc2)ccc1OCC(=O)N(C)C.